The molecule has 0 unspecified atom stereocenters. The van der Waals surface area contributed by atoms with Crippen molar-refractivity contribution in [3.63, 3.8) is 0 Å². The average Bonchev–Trinajstić information content (AvgIpc) is 3.17. The van der Waals surface area contributed by atoms with Gasteiger partial charge < -0.3 is 9.47 Å². The van der Waals surface area contributed by atoms with E-state index in [1.807, 2.05) is 43.6 Å². The standard InChI is InChI=1S/C24H23F3N4/c1-3-4-13-30(2)22-21-20(17-9-6-5-7-10-17)15-31(23(21)29-16-28-22)19-12-8-11-18(14-19)24(25,26)27/h5-12,14-16H,3-4,13H2,1-2H3. The van der Waals surface area contributed by atoms with Gasteiger partial charge in [0.15, 0.2) is 5.65 Å². The zero-order chi connectivity index (χ0) is 22.0. The largest absolute Gasteiger partial charge is 0.416 e. The van der Waals surface area contributed by atoms with Crippen LogP contribution in [0.25, 0.3) is 27.8 Å². The summed E-state index contributed by atoms with van der Waals surface area (Å²) < 4.78 is 41.7. The molecule has 0 N–H and O–H groups in total. The molecule has 0 saturated carbocycles. The number of nitrogens with zero attached hydrogens (tertiary/aromatic N) is 4. The number of rotatable bonds is 6. The molecule has 31 heavy (non-hydrogen) atoms. The van der Waals surface area contributed by atoms with Crippen molar-refractivity contribution < 1.29 is 13.2 Å². The van der Waals surface area contributed by atoms with Gasteiger partial charge in [0.05, 0.1) is 10.9 Å². The van der Waals surface area contributed by atoms with E-state index in [0.717, 1.165) is 53.9 Å². The Morgan fingerprint density at radius 1 is 1.00 bits per heavy atom. The Bertz CT molecular complexity index is 1180. The van der Waals surface area contributed by atoms with E-state index in [-0.39, 0.29) is 0 Å². The van der Waals surface area contributed by atoms with Gasteiger partial charge in [-0.3, -0.25) is 0 Å². The Labute approximate surface area is 179 Å². The van der Waals surface area contributed by atoms with Crippen LogP contribution in [0.5, 0.6) is 0 Å². The molecule has 4 rings (SSSR count). The van der Waals surface area contributed by atoms with Gasteiger partial charge in [-0.2, -0.15) is 13.2 Å². The van der Waals surface area contributed by atoms with Crippen molar-refractivity contribution in [1.29, 1.82) is 0 Å². The predicted octanol–water partition coefficient (Wildman–Crippen LogP) is 6.34. The van der Waals surface area contributed by atoms with Gasteiger partial charge in [-0.1, -0.05) is 49.7 Å². The summed E-state index contributed by atoms with van der Waals surface area (Å²) in [6.07, 6.45) is 0.967. The van der Waals surface area contributed by atoms with Crippen LogP contribution in [0.3, 0.4) is 0 Å². The summed E-state index contributed by atoms with van der Waals surface area (Å²) in [5, 5.41) is 0.824. The molecule has 2 aromatic heterocycles. The lowest BCUT2D eigenvalue weighted by Crippen LogP contribution is -2.20. The van der Waals surface area contributed by atoms with Crippen molar-refractivity contribution in [2.24, 2.45) is 0 Å². The second-order valence-corrected chi connectivity index (χ2v) is 7.50. The summed E-state index contributed by atoms with van der Waals surface area (Å²) in [7, 11) is 1.98. The predicted molar refractivity (Wildman–Crippen MR) is 117 cm³/mol. The molecule has 160 valence electrons. The molecule has 0 aliphatic carbocycles. The highest BCUT2D eigenvalue weighted by atomic mass is 19.4. The molecule has 0 fully saturated rings. The number of alkyl halides is 3. The van der Waals surface area contributed by atoms with E-state index in [0.29, 0.717) is 11.3 Å². The van der Waals surface area contributed by atoms with Crippen LogP contribution >= 0.6 is 0 Å². The molecule has 0 bridgehead atoms. The number of halogens is 3. The Hall–Kier alpha value is -3.35. The van der Waals surface area contributed by atoms with Crippen molar-refractivity contribution >= 4 is 16.9 Å². The summed E-state index contributed by atoms with van der Waals surface area (Å²) in [6, 6.07) is 15.1. The van der Waals surface area contributed by atoms with Crippen LogP contribution in [-0.4, -0.2) is 28.1 Å². The van der Waals surface area contributed by atoms with E-state index in [1.165, 1.54) is 12.4 Å². The van der Waals surface area contributed by atoms with Crippen LogP contribution in [0.2, 0.25) is 0 Å². The first-order chi connectivity index (χ1) is 14.9. The van der Waals surface area contributed by atoms with Crippen LogP contribution in [0.15, 0.2) is 67.1 Å². The maximum Gasteiger partial charge on any atom is 0.416 e. The third-order valence-corrected chi connectivity index (χ3v) is 5.31. The summed E-state index contributed by atoms with van der Waals surface area (Å²) in [5.74, 6) is 0.767. The quantitative estimate of drug-likeness (QED) is 0.362. The number of anilines is 1. The van der Waals surface area contributed by atoms with Gasteiger partial charge in [-0.25, -0.2) is 9.97 Å². The van der Waals surface area contributed by atoms with Crippen LogP contribution in [0.1, 0.15) is 25.3 Å². The minimum atomic E-state index is -4.41. The number of benzene rings is 2. The van der Waals surface area contributed by atoms with Crippen LogP contribution in [-0.2, 0) is 6.18 Å². The molecule has 0 aliphatic rings. The molecular formula is C24H23F3N4. The molecule has 0 spiro atoms. The molecule has 0 atom stereocenters. The first kappa shape index (κ1) is 20.9. The number of fused-ring (bicyclic) bond motifs is 1. The lowest BCUT2D eigenvalue weighted by Gasteiger charge is -2.19. The molecule has 0 saturated heterocycles. The van der Waals surface area contributed by atoms with Crippen LogP contribution < -0.4 is 4.90 Å². The Morgan fingerprint density at radius 3 is 2.48 bits per heavy atom. The number of unbranched alkanes of at least 4 members (excludes halogenated alkanes) is 1. The van der Waals surface area contributed by atoms with Crippen LogP contribution in [0.4, 0.5) is 19.0 Å². The van der Waals surface area contributed by atoms with Gasteiger partial charge in [-0.15, -0.1) is 0 Å². The smallest absolute Gasteiger partial charge is 0.359 e. The second-order valence-electron chi connectivity index (χ2n) is 7.50. The minimum Gasteiger partial charge on any atom is -0.359 e. The topological polar surface area (TPSA) is 34.0 Å². The molecule has 2 heterocycles. The highest BCUT2D eigenvalue weighted by Crippen LogP contribution is 2.37. The minimum absolute atomic E-state index is 0.405. The summed E-state index contributed by atoms with van der Waals surface area (Å²) >= 11 is 0. The molecular weight excluding hydrogens is 401 g/mol. The Kier molecular flexibility index (Phi) is 5.67. The van der Waals surface area contributed by atoms with Crippen molar-refractivity contribution in [1.82, 2.24) is 14.5 Å². The molecule has 4 aromatic rings. The van der Waals surface area contributed by atoms with Gasteiger partial charge in [0.1, 0.15) is 12.1 Å². The second kappa shape index (κ2) is 8.41. The highest BCUT2D eigenvalue weighted by molar-refractivity contribution is 6.02. The summed E-state index contributed by atoms with van der Waals surface area (Å²) in [5.41, 5.74) is 2.13. The SMILES string of the molecule is CCCCN(C)c1ncnc2c1c(-c1ccccc1)cn2-c1cccc(C(F)(F)F)c1. The maximum atomic E-state index is 13.3. The van der Waals surface area contributed by atoms with Crippen molar-refractivity contribution in [3.8, 4) is 16.8 Å². The third-order valence-electron chi connectivity index (χ3n) is 5.31. The van der Waals surface area contributed by atoms with Gasteiger partial charge in [0, 0.05) is 31.0 Å². The van der Waals surface area contributed by atoms with Crippen LogP contribution in [0, 0.1) is 0 Å². The maximum absolute atomic E-state index is 13.3. The fourth-order valence-corrected chi connectivity index (χ4v) is 3.70. The lowest BCUT2D eigenvalue weighted by atomic mass is 10.1. The fourth-order valence-electron chi connectivity index (χ4n) is 3.70. The summed E-state index contributed by atoms with van der Waals surface area (Å²) in [6.45, 7) is 2.95. The van der Waals surface area contributed by atoms with Gasteiger partial charge >= 0.3 is 6.18 Å². The van der Waals surface area contributed by atoms with E-state index >= 15 is 0 Å². The van der Waals surface area contributed by atoms with E-state index in [1.54, 1.807) is 10.6 Å². The number of aromatic nitrogens is 3. The number of hydrogen-bond acceptors (Lipinski definition) is 3. The zero-order valence-electron chi connectivity index (χ0n) is 17.4. The van der Waals surface area contributed by atoms with Crippen molar-refractivity contribution in [2.45, 2.75) is 25.9 Å². The molecule has 0 aliphatic heterocycles. The molecule has 7 heteroatoms. The van der Waals surface area contributed by atoms with Crippen molar-refractivity contribution in [3.05, 3.63) is 72.7 Å². The monoisotopic (exact) mass is 424 g/mol. The first-order valence-corrected chi connectivity index (χ1v) is 10.2. The molecule has 0 amide bonds. The van der Waals surface area contributed by atoms with Gasteiger partial charge in [-0.05, 0) is 30.2 Å². The first-order valence-electron chi connectivity index (χ1n) is 10.2. The Morgan fingerprint density at radius 2 is 1.77 bits per heavy atom. The average molecular weight is 424 g/mol. The van der Waals surface area contributed by atoms with E-state index < -0.39 is 11.7 Å². The van der Waals surface area contributed by atoms with E-state index in [9.17, 15) is 13.2 Å². The van der Waals surface area contributed by atoms with Gasteiger partial charge in [0.25, 0.3) is 0 Å². The molecule has 2 aromatic carbocycles. The third kappa shape index (κ3) is 4.13. The van der Waals surface area contributed by atoms with Gasteiger partial charge in [0.2, 0.25) is 0 Å². The zero-order valence-corrected chi connectivity index (χ0v) is 17.4. The highest BCUT2D eigenvalue weighted by Gasteiger charge is 2.31. The Balaban J connectivity index is 1.96. The summed E-state index contributed by atoms with van der Waals surface area (Å²) in [4.78, 5) is 11.1. The van der Waals surface area contributed by atoms with E-state index in [2.05, 4.69) is 21.8 Å². The molecule has 4 nitrogen and oxygen atoms in total. The normalized spacial score (nSPS) is 11.8. The van der Waals surface area contributed by atoms with Crippen molar-refractivity contribution in [2.75, 3.05) is 18.5 Å². The lowest BCUT2D eigenvalue weighted by molar-refractivity contribution is -0.137. The number of hydrogen-bond donors (Lipinski definition) is 0. The molecule has 0 radical (unpaired) electrons. The fraction of sp³-hybridized carbons (Fsp3) is 0.250. The van der Waals surface area contributed by atoms with E-state index in [4.69, 9.17) is 0 Å².